The van der Waals surface area contributed by atoms with Gasteiger partial charge in [0.1, 0.15) is 41.7 Å². The number of ether oxygens (including phenoxy) is 3. The first-order chi connectivity index (χ1) is 49.2. The van der Waals surface area contributed by atoms with Crippen molar-refractivity contribution in [1.29, 1.82) is 0 Å². The Balaban J connectivity index is 0.000000188. The number of nitrogens with two attached hydrogens (primary N) is 1. The Kier molecular flexibility index (Phi) is 33.5. The number of aliphatic hydroxyl groups is 1. The van der Waals surface area contributed by atoms with Gasteiger partial charge in [0.2, 0.25) is 6.54 Å². The average molecular weight is 1470 g/mol. The first-order valence-corrected chi connectivity index (χ1v) is 38.0. The molecule has 0 radical (unpaired) electrons. The molecule has 103 heavy (non-hydrogen) atoms. The number of hydrogen-bond acceptors (Lipinski definition) is 15. The second-order valence-electron chi connectivity index (χ2n) is 30.1. The predicted octanol–water partition coefficient (Wildman–Crippen LogP) is 19.2. The maximum atomic E-state index is 11.6. The summed E-state index contributed by atoms with van der Waals surface area (Å²) in [5, 5.41) is 29.5. The first-order valence-electron chi connectivity index (χ1n) is 36.8. The number of phenols is 1. The number of pyridine rings is 3. The fourth-order valence-corrected chi connectivity index (χ4v) is 15.8. The van der Waals surface area contributed by atoms with E-state index in [4.69, 9.17) is 30.0 Å². The minimum absolute atomic E-state index is 0.0255. The number of aromatic nitrogens is 3. The number of hydrogen-bond donors (Lipinski definition) is 3. The molecule has 6 fully saturated rings. The third kappa shape index (κ3) is 23.6. The number of Topliss-reactive ketones (excluding diaryl/α,β-unsaturated/α-hetero) is 1. The highest BCUT2D eigenvalue weighted by atomic mass is 79.9. The van der Waals surface area contributed by atoms with Gasteiger partial charge in [0.25, 0.3) is 0 Å². The lowest BCUT2D eigenvalue weighted by Gasteiger charge is -2.39. The molecule has 6 saturated carbocycles. The highest BCUT2D eigenvalue weighted by molar-refractivity contribution is 9.09. The summed E-state index contributed by atoms with van der Waals surface area (Å²) in [7, 11) is 0. The van der Waals surface area contributed by atoms with Crippen LogP contribution in [0.4, 0.5) is 0 Å². The van der Waals surface area contributed by atoms with Crippen molar-refractivity contribution in [3.63, 3.8) is 0 Å². The number of fused-ring (bicyclic) bond motifs is 6. The fourth-order valence-electron chi connectivity index (χ4n) is 15.5. The molecular weight excluding hydrogens is 1360 g/mol. The standard InChI is InChI=1S/C17H25N.C16H22N2.C11H15NO4.C10H12O2.C10H16O.C9H11BrO.C7H6O2.C6H8N2/c1-16(2)13-9-10-17(16,3)14(12-13)7-8-15-6-4-5-11-18-15;1-15(2)12-7-8-16(15,3)14(10-12)18-11-13-6-4-5-9-17-13;1-2-6-16-10-5-3-4-9(7-10)11(13)8-12(14)15;1-2-6-12-10-5-3-4-9(7-10)8-11;1-9(2)7-4-5-10(9,3)8(11)6-7;10-6-7-11-8-9-4-2-1-3-5-9;8-5-6-2-1-3-7(9)4-6;7-5-6-3-1-2-4-8-6/h4-6,11,13-14H,7-10,12H2,1-3H3;4-6,9,12H,7-8,10-11H2,1-3H3;3-5,7,11,13H,2,6,8H2,1H3;3-5,7-8H,2,6H2,1H3;7H,4-6H2,1-3H3;1-5H,6-8H2;1-5,9H;1-4H,5,7H2/t13?,14?,17-;12?,16-;11-;;7?,10-;;;/m000.0.../s1. The zero-order valence-corrected chi connectivity index (χ0v) is 64.6. The van der Waals surface area contributed by atoms with Crippen LogP contribution < -0.4 is 15.2 Å². The molecule has 4 aromatic carbocycles. The SMILES string of the molecule is BrCCOCc1ccccc1.CC1(C)C2CC[C@@]1(C)C(=NCc1ccccn1)C2.CC1(C)C2CC[C@@]1(C)C(=O)C2.CC1(C)C2CC[C@@]1(C)C(CCc1ccccn1)C2.CCCOc1cccc(C=O)c1.CCCOc1cccc([C@@H](O)C[N+](=O)[O-])c1.NCc1ccccn1.O=Cc1cccc(O)c1. The van der Waals surface area contributed by atoms with Crippen LogP contribution in [-0.4, -0.2) is 85.9 Å². The van der Waals surface area contributed by atoms with E-state index in [1.54, 1.807) is 54.7 Å². The summed E-state index contributed by atoms with van der Waals surface area (Å²) in [6, 6.07) is 48.3. The maximum absolute atomic E-state index is 11.6. The number of nitrogens with zero attached hydrogens (tertiary/aromatic N) is 5. The third-order valence-electron chi connectivity index (χ3n) is 23.4. The highest BCUT2D eigenvalue weighted by Crippen LogP contribution is 2.69. The van der Waals surface area contributed by atoms with E-state index in [-0.39, 0.29) is 16.6 Å². The number of rotatable bonds is 21. The topological polar surface area (TPSA) is 240 Å². The van der Waals surface area contributed by atoms with Crippen LogP contribution in [0.5, 0.6) is 17.2 Å². The van der Waals surface area contributed by atoms with Gasteiger partial charge < -0.3 is 30.2 Å². The summed E-state index contributed by atoms with van der Waals surface area (Å²) >= 11 is 3.30. The Morgan fingerprint density at radius 1 is 0.631 bits per heavy atom. The predicted molar refractivity (Wildman–Crippen MR) is 416 cm³/mol. The summed E-state index contributed by atoms with van der Waals surface area (Å²) in [5.41, 5.74) is 15.1. The molecule has 8 atom stereocenters. The van der Waals surface area contributed by atoms with E-state index in [0.29, 0.717) is 88.5 Å². The van der Waals surface area contributed by atoms with Crippen molar-refractivity contribution in [2.45, 2.75) is 185 Å². The number of carbonyl (C=O) groups is 3. The Hall–Kier alpha value is -7.83. The van der Waals surface area contributed by atoms with Crippen LogP contribution in [0, 0.1) is 66.3 Å². The maximum Gasteiger partial charge on any atom is 0.233 e. The number of nitro groups is 1. The number of aryl methyl sites for hydroxylation is 1. The smallest absolute Gasteiger partial charge is 0.233 e. The fraction of sp³-hybridized carbons (Fsp3) is 0.500. The van der Waals surface area contributed by atoms with Gasteiger partial charge in [-0.05, 0) is 206 Å². The second kappa shape index (κ2) is 41.0. The molecular formula is C86H115BrN6O10. The third-order valence-corrected chi connectivity index (χ3v) is 23.7. The molecule has 6 aliphatic rings. The van der Waals surface area contributed by atoms with Gasteiger partial charge in [-0.25, -0.2) is 0 Å². The molecule has 4 N–H and O–H groups in total. The minimum atomic E-state index is -1.08. The zero-order chi connectivity index (χ0) is 75.1. The number of benzene rings is 4. The van der Waals surface area contributed by atoms with Crippen molar-refractivity contribution in [2.75, 3.05) is 31.7 Å². The summed E-state index contributed by atoms with van der Waals surface area (Å²) in [4.78, 5) is 59.4. The number of halogens is 1. The van der Waals surface area contributed by atoms with Gasteiger partial charge in [0.15, 0.2) is 0 Å². The minimum Gasteiger partial charge on any atom is -0.508 e. The number of aliphatic imine (C=N–C) groups is 1. The van der Waals surface area contributed by atoms with Crippen LogP contribution in [0.1, 0.15) is 208 Å². The van der Waals surface area contributed by atoms with Crippen LogP contribution in [0.15, 0.2) is 181 Å². The van der Waals surface area contributed by atoms with Gasteiger partial charge in [-0.3, -0.25) is 44.4 Å². The van der Waals surface area contributed by atoms with E-state index >= 15 is 0 Å². The van der Waals surface area contributed by atoms with E-state index in [1.165, 1.54) is 80.5 Å². The average Bonchev–Trinajstić information content (AvgIpc) is 1.58. The molecule has 4 unspecified atom stereocenters. The lowest BCUT2D eigenvalue weighted by molar-refractivity contribution is -0.491. The van der Waals surface area contributed by atoms with Gasteiger partial charge in [0.05, 0.1) is 44.4 Å². The summed E-state index contributed by atoms with van der Waals surface area (Å²) in [6.07, 6.45) is 21.8. The van der Waals surface area contributed by atoms with Gasteiger partial charge in [-0.2, -0.15) is 0 Å². The van der Waals surface area contributed by atoms with Crippen molar-refractivity contribution in [3.05, 3.63) is 226 Å². The largest absolute Gasteiger partial charge is 0.508 e. The van der Waals surface area contributed by atoms with Gasteiger partial charge in [-0.15, -0.1) is 0 Å². The van der Waals surface area contributed by atoms with Crippen molar-refractivity contribution in [3.8, 4) is 17.2 Å². The molecule has 0 saturated heterocycles. The number of aliphatic hydroxyl groups excluding tert-OH is 1. The Bertz CT molecular complexity index is 3710. The molecule has 16 nitrogen and oxygen atoms in total. The second-order valence-corrected chi connectivity index (χ2v) is 30.9. The molecule has 0 amide bonds. The molecule has 0 aliphatic heterocycles. The van der Waals surface area contributed by atoms with Crippen LogP contribution in [0.2, 0.25) is 0 Å². The Labute approximate surface area is 622 Å². The number of ketones is 1. The molecule has 17 heteroatoms. The summed E-state index contributed by atoms with van der Waals surface area (Å²) < 4.78 is 16.0. The molecule has 7 aromatic rings. The number of aromatic hydroxyl groups is 1. The van der Waals surface area contributed by atoms with E-state index < -0.39 is 17.6 Å². The van der Waals surface area contributed by atoms with Crippen molar-refractivity contribution in [1.82, 2.24) is 15.0 Å². The normalized spacial score (nSPS) is 23.2. The van der Waals surface area contributed by atoms with E-state index in [1.807, 2.05) is 93.0 Å². The van der Waals surface area contributed by atoms with Crippen LogP contribution in [0.25, 0.3) is 0 Å². The molecule has 556 valence electrons. The molecule has 13 rings (SSSR count). The Morgan fingerprint density at radius 3 is 1.60 bits per heavy atom. The van der Waals surface area contributed by atoms with E-state index in [9.17, 15) is 29.6 Å². The van der Waals surface area contributed by atoms with Gasteiger partial charge in [-0.1, -0.05) is 177 Å². The molecule has 6 aliphatic carbocycles. The quantitative estimate of drug-likeness (QED) is 0.0199. The molecule has 6 bridgehead atoms. The summed E-state index contributed by atoms with van der Waals surface area (Å²) in [5.74, 6) is 5.43. The zero-order valence-electron chi connectivity index (χ0n) is 63.0. The molecule has 3 heterocycles. The van der Waals surface area contributed by atoms with Gasteiger partial charge in [0, 0.05) is 75.2 Å². The Morgan fingerprint density at radius 2 is 1.17 bits per heavy atom. The molecule has 3 aromatic heterocycles. The van der Waals surface area contributed by atoms with Gasteiger partial charge >= 0.3 is 0 Å². The van der Waals surface area contributed by atoms with Crippen LogP contribution in [0.3, 0.4) is 0 Å². The summed E-state index contributed by atoms with van der Waals surface area (Å²) in [6.45, 7) is 29.1. The van der Waals surface area contributed by atoms with Crippen LogP contribution >= 0.6 is 15.9 Å². The first kappa shape index (κ1) is 84.1. The molecule has 0 spiro atoms. The monoisotopic (exact) mass is 1470 g/mol. The van der Waals surface area contributed by atoms with E-state index in [0.717, 1.165) is 91.8 Å². The van der Waals surface area contributed by atoms with Crippen LogP contribution in [-0.2, 0) is 35.6 Å². The number of phenolic OH excluding ortho intramolecular Hbond substituents is 1. The lowest BCUT2D eigenvalue weighted by Crippen LogP contribution is -2.32. The number of carbonyl (C=O) groups excluding carboxylic acids is 3. The lowest BCUT2D eigenvalue weighted by atomic mass is 9.65. The number of alkyl halides is 1. The highest BCUT2D eigenvalue weighted by Gasteiger charge is 2.62. The number of aldehydes is 2. The van der Waals surface area contributed by atoms with E-state index in [2.05, 4.69) is 124 Å². The van der Waals surface area contributed by atoms with Crippen molar-refractivity contribution < 1.29 is 43.7 Å². The van der Waals surface area contributed by atoms with Crippen molar-refractivity contribution >= 4 is 40.0 Å². The van der Waals surface area contributed by atoms with Crippen molar-refractivity contribution in [2.24, 2.45) is 66.9 Å².